The minimum atomic E-state index is 0.868. The second-order valence-electron chi connectivity index (χ2n) is 1.46. The minimum absolute atomic E-state index is 0.868. The van der Waals surface area contributed by atoms with Gasteiger partial charge in [-0.25, -0.2) is 0 Å². The van der Waals surface area contributed by atoms with E-state index in [1.807, 2.05) is 19.9 Å². The fraction of sp³-hybridized carbons (Fsp3) is 0.500. The summed E-state index contributed by atoms with van der Waals surface area (Å²) in [5.41, 5.74) is 1.15. The van der Waals surface area contributed by atoms with Gasteiger partial charge in [0.15, 0.2) is 0 Å². The first-order valence-electron chi connectivity index (χ1n) is 2.43. The molecule has 0 aromatic rings. The van der Waals surface area contributed by atoms with Gasteiger partial charge in [-0.1, -0.05) is 0 Å². The van der Waals surface area contributed by atoms with Crippen molar-refractivity contribution >= 4 is 4.57 Å². The molecule has 0 aliphatic carbocycles. The van der Waals surface area contributed by atoms with Crippen molar-refractivity contribution in [3.05, 3.63) is 11.6 Å². The molecule has 0 aromatic heterocycles. The summed E-state index contributed by atoms with van der Waals surface area (Å²) in [5, 5.41) is 0. The van der Waals surface area contributed by atoms with Crippen LogP contribution in [0.5, 0.6) is 0 Å². The predicted octanol–water partition coefficient (Wildman–Crippen LogP) is 1.28. The SMILES string of the molecule is C/C=C(\C)[C](=[Cr])OC. The Hall–Kier alpha value is 0.102. The van der Waals surface area contributed by atoms with E-state index in [-0.39, 0.29) is 0 Å². The van der Waals surface area contributed by atoms with Crippen molar-refractivity contribution in [1.82, 2.24) is 0 Å². The molecule has 0 radical (unpaired) electrons. The van der Waals surface area contributed by atoms with Crippen LogP contribution >= 0.6 is 0 Å². The van der Waals surface area contributed by atoms with Gasteiger partial charge >= 0.3 is 57.8 Å². The molecule has 0 unspecified atom stereocenters. The molecule has 0 bridgehead atoms. The maximum atomic E-state index is 4.90. The van der Waals surface area contributed by atoms with Gasteiger partial charge in [0.25, 0.3) is 0 Å². The predicted molar refractivity (Wildman–Crippen MR) is 31.4 cm³/mol. The van der Waals surface area contributed by atoms with Crippen LogP contribution in [0.25, 0.3) is 0 Å². The molecule has 46 valence electrons. The van der Waals surface area contributed by atoms with Gasteiger partial charge in [0.05, 0.1) is 0 Å². The zero-order valence-electron chi connectivity index (χ0n) is 5.39. The third-order valence-corrected chi connectivity index (χ3v) is 1.70. The summed E-state index contributed by atoms with van der Waals surface area (Å²) in [6, 6.07) is 0. The zero-order valence-corrected chi connectivity index (χ0v) is 6.67. The first-order chi connectivity index (χ1) is 3.72. The molecule has 2 heteroatoms. The average molecular weight is 150 g/mol. The van der Waals surface area contributed by atoms with E-state index in [1.54, 1.807) is 7.11 Å². The van der Waals surface area contributed by atoms with E-state index in [2.05, 4.69) is 15.9 Å². The van der Waals surface area contributed by atoms with Gasteiger partial charge in [-0.3, -0.25) is 0 Å². The molecule has 0 aliphatic heterocycles. The van der Waals surface area contributed by atoms with Crippen LogP contribution < -0.4 is 0 Å². The summed E-state index contributed by atoms with van der Waals surface area (Å²) in [6.45, 7) is 3.97. The summed E-state index contributed by atoms with van der Waals surface area (Å²) in [5.74, 6) is 0. The Morgan fingerprint density at radius 2 is 2.12 bits per heavy atom. The van der Waals surface area contributed by atoms with Crippen LogP contribution in [0.1, 0.15) is 13.8 Å². The normalized spacial score (nSPS) is 11.6. The van der Waals surface area contributed by atoms with Crippen molar-refractivity contribution in [1.29, 1.82) is 0 Å². The van der Waals surface area contributed by atoms with E-state index in [0.29, 0.717) is 0 Å². The van der Waals surface area contributed by atoms with Gasteiger partial charge in [0.2, 0.25) is 0 Å². The molecule has 0 saturated heterocycles. The molecule has 0 heterocycles. The molecule has 0 spiro atoms. The van der Waals surface area contributed by atoms with Crippen LogP contribution in [0, 0.1) is 0 Å². The van der Waals surface area contributed by atoms with Gasteiger partial charge in [-0.15, -0.1) is 0 Å². The second kappa shape index (κ2) is 4.03. The molecule has 0 saturated carbocycles. The van der Waals surface area contributed by atoms with Crippen molar-refractivity contribution in [2.75, 3.05) is 7.11 Å². The topological polar surface area (TPSA) is 9.23 Å². The first kappa shape index (κ1) is 8.10. The number of ether oxygens (including phenoxy) is 1. The molecular weight excluding hydrogens is 140 g/mol. The van der Waals surface area contributed by atoms with Gasteiger partial charge in [0, 0.05) is 0 Å². The quantitative estimate of drug-likeness (QED) is 0.576. The number of methoxy groups -OCH3 is 1. The van der Waals surface area contributed by atoms with Crippen LogP contribution in [-0.4, -0.2) is 11.7 Å². The molecule has 0 aliphatic rings. The molecule has 0 N–H and O–H groups in total. The Labute approximate surface area is 58.3 Å². The van der Waals surface area contributed by atoms with E-state index >= 15 is 0 Å². The zero-order chi connectivity index (χ0) is 6.57. The Bertz CT molecular complexity index is 116. The molecule has 0 aromatic carbocycles. The van der Waals surface area contributed by atoms with Crippen LogP contribution in [0.3, 0.4) is 0 Å². The number of allylic oxidation sites excluding steroid dienone is 1. The van der Waals surface area contributed by atoms with E-state index < -0.39 is 0 Å². The number of hydrogen-bond acceptors (Lipinski definition) is 1. The van der Waals surface area contributed by atoms with Crippen LogP contribution in [0.4, 0.5) is 0 Å². The fourth-order valence-corrected chi connectivity index (χ4v) is 0.463. The summed E-state index contributed by atoms with van der Waals surface area (Å²) < 4.78 is 5.76. The second-order valence-corrected chi connectivity index (χ2v) is 2.04. The van der Waals surface area contributed by atoms with Gasteiger partial charge in [-0.05, 0) is 0 Å². The summed E-state index contributed by atoms with van der Waals surface area (Å²) in [4.78, 5) is 0. The molecule has 0 amide bonds. The van der Waals surface area contributed by atoms with Crippen LogP contribution in [0.15, 0.2) is 11.6 Å². The Morgan fingerprint density at radius 1 is 1.62 bits per heavy atom. The Balaban J connectivity index is 3.83. The monoisotopic (exact) mass is 150 g/mol. The van der Waals surface area contributed by atoms with E-state index in [9.17, 15) is 0 Å². The van der Waals surface area contributed by atoms with Gasteiger partial charge in [0.1, 0.15) is 0 Å². The van der Waals surface area contributed by atoms with E-state index in [1.165, 1.54) is 0 Å². The molecular formula is C6H10CrO. The molecule has 0 fully saturated rings. The molecule has 1 nitrogen and oxygen atoms in total. The molecule has 0 rings (SSSR count). The van der Waals surface area contributed by atoms with Crippen molar-refractivity contribution in [2.24, 2.45) is 0 Å². The van der Waals surface area contributed by atoms with Crippen LogP contribution in [0.2, 0.25) is 0 Å². The first-order valence-corrected chi connectivity index (χ1v) is 3.07. The van der Waals surface area contributed by atoms with Crippen LogP contribution in [-0.2, 0) is 20.6 Å². The summed E-state index contributed by atoms with van der Waals surface area (Å²) in [6.07, 6.45) is 2.00. The van der Waals surface area contributed by atoms with Gasteiger partial charge in [-0.2, -0.15) is 0 Å². The van der Waals surface area contributed by atoms with Crippen molar-refractivity contribution in [3.63, 3.8) is 0 Å². The van der Waals surface area contributed by atoms with E-state index in [0.717, 1.165) is 10.1 Å². The standard InChI is InChI=1S/C6H10O.Cr/c1-4-6(2)5-7-3;/h4H,1-3H3;/b6-4+;. The number of rotatable bonds is 2. The van der Waals surface area contributed by atoms with Crippen molar-refractivity contribution in [2.45, 2.75) is 13.8 Å². The number of hydrogen-bond donors (Lipinski definition) is 0. The summed E-state index contributed by atoms with van der Waals surface area (Å²) in [7, 11) is 1.65. The average Bonchev–Trinajstić information content (AvgIpc) is 1.84. The summed E-state index contributed by atoms with van der Waals surface area (Å²) >= 11 is 2.80. The van der Waals surface area contributed by atoms with Gasteiger partial charge < -0.3 is 0 Å². The van der Waals surface area contributed by atoms with Crippen molar-refractivity contribution < 1.29 is 20.6 Å². The van der Waals surface area contributed by atoms with E-state index in [4.69, 9.17) is 4.74 Å². The Morgan fingerprint density at radius 3 is 2.25 bits per heavy atom. The fourth-order valence-electron chi connectivity index (χ4n) is 0.279. The Kier molecular flexibility index (Phi) is 4.08. The third-order valence-electron chi connectivity index (χ3n) is 0.940. The molecule has 0 atom stereocenters. The third kappa shape index (κ3) is 2.42. The molecule has 8 heavy (non-hydrogen) atoms. The maximum absolute atomic E-state index is 4.90. The van der Waals surface area contributed by atoms with Crippen molar-refractivity contribution in [3.8, 4) is 0 Å².